The first kappa shape index (κ1) is 13.8. The SMILES string of the molecule is Cc1cc2c(nc1C)sc1c(NC[C@H]3CCCO3)ncnc12. The monoisotopic (exact) mass is 314 g/mol. The molecule has 1 N–H and O–H groups in total. The van der Waals surface area contributed by atoms with Crippen molar-refractivity contribution in [2.45, 2.75) is 32.8 Å². The second-order valence-corrected chi connectivity index (χ2v) is 6.76. The van der Waals surface area contributed by atoms with Gasteiger partial charge in [0, 0.05) is 24.2 Å². The van der Waals surface area contributed by atoms with Gasteiger partial charge in [0.25, 0.3) is 0 Å². The molecule has 1 aliphatic rings. The molecule has 22 heavy (non-hydrogen) atoms. The highest BCUT2D eigenvalue weighted by atomic mass is 32.1. The van der Waals surface area contributed by atoms with E-state index < -0.39 is 0 Å². The molecular formula is C16H18N4OS. The van der Waals surface area contributed by atoms with Crippen LogP contribution in [0.3, 0.4) is 0 Å². The molecule has 0 spiro atoms. The summed E-state index contributed by atoms with van der Waals surface area (Å²) in [4.78, 5) is 14.6. The molecule has 4 heterocycles. The summed E-state index contributed by atoms with van der Waals surface area (Å²) in [5.74, 6) is 0.888. The Hall–Kier alpha value is -1.79. The Bertz CT molecular complexity index is 839. The van der Waals surface area contributed by atoms with Crippen molar-refractivity contribution in [2.24, 2.45) is 0 Å². The molecule has 5 nitrogen and oxygen atoms in total. The fraction of sp³-hybridized carbons (Fsp3) is 0.438. The Balaban J connectivity index is 1.75. The van der Waals surface area contributed by atoms with Gasteiger partial charge in [-0.15, -0.1) is 11.3 Å². The molecule has 0 aromatic carbocycles. The second-order valence-electron chi connectivity index (χ2n) is 5.76. The first-order valence-corrected chi connectivity index (χ1v) is 8.41. The maximum Gasteiger partial charge on any atom is 0.147 e. The third-order valence-corrected chi connectivity index (χ3v) is 5.31. The summed E-state index contributed by atoms with van der Waals surface area (Å²) in [6, 6.07) is 2.17. The van der Waals surface area contributed by atoms with Crippen molar-refractivity contribution in [3.05, 3.63) is 23.7 Å². The summed E-state index contributed by atoms with van der Waals surface area (Å²) < 4.78 is 6.74. The van der Waals surface area contributed by atoms with Crippen LogP contribution in [0.4, 0.5) is 5.82 Å². The zero-order valence-electron chi connectivity index (χ0n) is 12.7. The van der Waals surface area contributed by atoms with E-state index in [9.17, 15) is 0 Å². The number of aryl methyl sites for hydroxylation is 2. The fourth-order valence-electron chi connectivity index (χ4n) is 2.83. The summed E-state index contributed by atoms with van der Waals surface area (Å²) in [5, 5.41) is 4.54. The van der Waals surface area contributed by atoms with E-state index in [4.69, 9.17) is 4.74 Å². The summed E-state index contributed by atoms with van der Waals surface area (Å²) in [5.41, 5.74) is 3.25. The number of nitrogens with one attached hydrogen (secondary N) is 1. The van der Waals surface area contributed by atoms with E-state index in [1.807, 2.05) is 6.92 Å². The number of fused-ring (bicyclic) bond motifs is 3. The van der Waals surface area contributed by atoms with Crippen LogP contribution in [0.2, 0.25) is 0 Å². The van der Waals surface area contributed by atoms with E-state index in [2.05, 4.69) is 33.3 Å². The predicted molar refractivity (Wildman–Crippen MR) is 89.7 cm³/mol. The van der Waals surface area contributed by atoms with Gasteiger partial charge in [-0.1, -0.05) is 0 Å². The Morgan fingerprint density at radius 3 is 3.09 bits per heavy atom. The van der Waals surface area contributed by atoms with Crippen molar-refractivity contribution in [1.29, 1.82) is 0 Å². The normalized spacial score (nSPS) is 18.4. The number of hydrogen-bond acceptors (Lipinski definition) is 6. The van der Waals surface area contributed by atoms with Crippen molar-refractivity contribution in [2.75, 3.05) is 18.5 Å². The van der Waals surface area contributed by atoms with Gasteiger partial charge in [-0.25, -0.2) is 15.0 Å². The van der Waals surface area contributed by atoms with Crippen LogP contribution >= 0.6 is 11.3 Å². The maximum absolute atomic E-state index is 5.66. The lowest BCUT2D eigenvalue weighted by Crippen LogP contribution is -2.18. The van der Waals surface area contributed by atoms with Crippen molar-refractivity contribution in [3.63, 3.8) is 0 Å². The van der Waals surface area contributed by atoms with Gasteiger partial charge in [0.1, 0.15) is 17.0 Å². The number of nitrogens with zero attached hydrogens (tertiary/aromatic N) is 3. The molecule has 0 aliphatic carbocycles. The van der Waals surface area contributed by atoms with Crippen LogP contribution in [-0.2, 0) is 4.74 Å². The molecule has 0 bridgehead atoms. The molecule has 4 rings (SSSR count). The quantitative estimate of drug-likeness (QED) is 0.802. The van der Waals surface area contributed by atoms with E-state index in [-0.39, 0.29) is 0 Å². The summed E-state index contributed by atoms with van der Waals surface area (Å²) in [6.45, 7) is 5.80. The third-order valence-electron chi connectivity index (χ3n) is 4.21. The smallest absolute Gasteiger partial charge is 0.147 e. The minimum atomic E-state index is 0.294. The number of aromatic nitrogens is 3. The predicted octanol–water partition coefficient (Wildman–Crippen LogP) is 3.45. The molecule has 0 radical (unpaired) electrons. The highest BCUT2D eigenvalue weighted by Gasteiger charge is 2.17. The minimum absolute atomic E-state index is 0.294. The summed E-state index contributed by atoms with van der Waals surface area (Å²) >= 11 is 1.65. The Morgan fingerprint density at radius 2 is 2.27 bits per heavy atom. The Morgan fingerprint density at radius 1 is 1.36 bits per heavy atom. The number of anilines is 1. The number of ether oxygens (including phenoxy) is 1. The zero-order valence-corrected chi connectivity index (χ0v) is 13.5. The van der Waals surface area contributed by atoms with Gasteiger partial charge in [-0.05, 0) is 38.3 Å². The average molecular weight is 314 g/mol. The van der Waals surface area contributed by atoms with Crippen molar-refractivity contribution >= 4 is 37.6 Å². The first-order valence-electron chi connectivity index (χ1n) is 7.59. The van der Waals surface area contributed by atoms with Crippen molar-refractivity contribution in [1.82, 2.24) is 15.0 Å². The van der Waals surface area contributed by atoms with Crippen molar-refractivity contribution in [3.8, 4) is 0 Å². The van der Waals surface area contributed by atoms with E-state index >= 15 is 0 Å². The molecule has 1 saturated heterocycles. The van der Waals surface area contributed by atoms with Gasteiger partial charge >= 0.3 is 0 Å². The lowest BCUT2D eigenvalue weighted by atomic mass is 10.2. The van der Waals surface area contributed by atoms with Gasteiger partial charge in [-0.3, -0.25) is 0 Å². The molecule has 0 unspecified atom stereocenters. The number of hydrogen-bond donors (Lipinski definition) is 1. The summed E-state index contributed by atoms with van der Waals surface area (Å²) in [6.07, 6.45) is 4.19. The van der Waals surface area contributed by atoms with Crippen LogP contribution in [0.15, 0.2) is 12.4 Å². The standard InChI is InChI=1S/C16H18N4OS/c1-9-6-12-13-14(22-16(12)20-10(9)2)15(19-8-18-13)17-7-11-4-3-5-21-11/h6,8,11H,3-5,7H2,1-2H3,(H,17,18,19)/t11-/m1/s1. The largest absolute Gasteiger partial charge is 0.376 e. The lowest BCUT2D eigenvalue weighted by Gasteiger charge is -2.11. The van der Waals surface area contributed by atoms with E-state index in [0.29, 0.717) is 6.10 Å². The second kappa shape index (κ2) is 5.44. The van der Waals surface area contributed by atoms with Crippen LogP contribution in [0.5, 0.6) is 0 Å². The Labute approximate surface area is 132 Å². The van der Waals surface area contributed by atoms with E-state index in [0.717, 1.165) is 57.9 Å². The van der Waals surface area contributed by atoms with Crippen LogP contribution in [0.1, 0.15) is 24.1 Å². The zero-order chi connectivity index (χ0) is 15.1. The topological polar surface area (TPSA) is 59.9 Å². The molecule has 1 aliphatic heterocycles. The Kier molecular flexibility index (Phi) is 3.43. The molecule has 3 aromatic heterocycles. The number of rotatable bonds is 3. The molecule has 1 fully saturated rings. The highest BCUT2D eigenvalue weighted by molar-refractivity contribution is 7.25. The van der Waals surface area contributed by atoms with Crippen molar-refractivity contribution < 1.29 is 4.74 Å². The molecule has 3 aromatic rings. The number of pyridine rings is 1. The maximum atomic E-state index is 5.66. The van der Waals surface area contributed by atoms with E-state index in [1.165, 1.54) is 5.56 Å². The third kappa shape index (κ3) is 2.32. The fourth-order valence-corrected chi connectivity index (χ4v) is 3.95. The molecule has 1 atom stereocenters. The van der Waals surface area contributed by atoms with Gasteiger partial charge in [-0.2, -0.15) is 0 Å². The van der Waals surface area contributed by atoms with Crippen LogP contribution in [0, 0.1) is 13.8 Å². The van der Waals surface area contributed by atoms with Gasteiger partial charge in [0.05, 0.1) is 16.3 Å². The van der Waals surface area contributed by atoms with Crippen LogP contribution in [0.25, 0.3) is 20.4 Å². The van der Waals surface area contributed by atoms with Crippen LogP contribution in [-0.4, -0.2) is 34.2 Å². The highest BCUT2D eigenvalue weighted by Crippen LogP contribution is 2.35. The molecule has 0 saturated carbocycles. The number of thiophene rings is 1. The first-order chi connectivity index (χ1) is 10.7. The molecule has 114 valence electrons. The molecule has 6 heteroatoms. The molecular weight excluding hydrogens is 296 g/mol. The van der Waals surface area contributed by atoms with Gasteiger partial charge in [0.15, 0.2) is 0 Å². The lowest BCUT2D eigenvalue weighted by molar-refractivity contribution is 0.120. The minimum Gasteiger partial charge on any atom is -0.376 e. The van der Waals surface area contributed by atoms with Gasteiger partial charge < -0.3 is 10.1 Å². The van der Waals surface area contributed by atoms with Gasteiger partial charge in [0.2, 0.25) is 0 Å². The average Bonchev–Trinajstić information content (AvgIpc) is 3.14. The molecule has 0 amide bonds. The summed E-state index contributed by atoms with van der Waals surface area (Å²) in [7, 11) is 0. The van der Waals surface area contributed by atoms with Crippen LogP contribution < -0.4 is 5.32 Å². The van der Waals surface area contributed by atoms with E-state index in [1.54, 1.807) is 17.7 Å².